The zero-order valence-corrected chi connectivity index (χ0v) is 12.2. The van der Waals surface area contributed by atoms with E-state index >= 15 is 0 Å². The number of hydrazone groups is 1. The fraction of sp³-hybridized carbons (Fsp3) is 0.133. The lowest BCUT2D eigenvalue weighted by molar-refractivity contribution is -0.118. The van der Waals surface area contributed by atoms with Crippen molar-refractivity contribution in [2.45, 2.75) is 11.8 Å². The molecule has 0 saturated heterocycles. The molecule has 1 aromatic carbocycles. The van der Waals surface area contributed by atoms with Gasteiger partial charge in [-0.25, -0.2) is 9.82 Å². The van der Waals surface area contributed by atoms with E-state index in [9.17, 15) is 9.18 Å². The minimum Gasteiger partial charge on any atom is -0.272 e. The molecule has 0 aliphatic carbocycles. The molecule has 0 fully saturated rings. The number of hydrogen-bond acceptors (Lipinski definition) is 4. The first-order valence-electron chi connectivity index (χ1n) is 6.27. The summed E-state index contributed by atoms with van der Waals surface area (Å²) in [6.07, 6.45) is 3.33. The molecule has 0 radical (unpaired) electrons. The Morgan fingerprint density at radius 3 is 2.86 bits per heavy atom. The van der Waals surface area contributed by atoms with E-state index < -0.39 is 0 Å². The number of carbonyl (C=O) groups is 1. The van der Waals surface area contributed by atoms with Crippen LogP contribution in [-0.4, -0.2) is 22.4 Å². The number of carbonyl (C=O) groups excluding carboxylic acids is 1. The maximum Gasteiger partial charge on any atom is 0.250 e. The number of pyridine rings is 1. The number of rotatable bonds is 5. The van der Waals surface area contributed by atoms with E-state index in [0.29, 0.717) is 10.6 Å². The number of benzene rings is 1. The first kappa shape index (κ1) is 15.2. The van der Waals surface area contributed by atoms with Gasteiger partial charge in [-0.15, -0.1) is 11.8 Å². The van der Waals surface area contributed by atoms with Crippen LogP contribution < -0.4 is 5.43 Å². The van der Waals surface area contributed by atoms with Crippen LogP contribution in [0.5, 0.6) is 0 Å². The van der Waals surface area contributed by atoms with Gasteiger partial charge in [0.05, 0.1) is 11.5 Å². The predicted octanol–water partition coefficient (Wildman–Crippen LogP) is 2.85. The van der Waals surface area contributed by atoms with Gasteiger partial charge in [0.25, 0.3) is 0 Å². The largest absolute Gasteiger partial charge is 0.272 e. The van der Waals surface area contributed by atoms with Crippen molar-refractivity contribution in [1.82, 2.24) is 10.4 Å². The summed E-state index contributed by atoms with van der Waals surface area (Å²) < 4.78 is 13.4. The average Bonchev–Trinajstić information content (AvgIpc) is 2.52. The highest BCUT2D eigenvalue weighted by atomic mass is 32.2. The van der Waals surface area contributed by atoms with Gasteiger partial charge in [-0.2, -0.15) is 5.10 Å². The lowest BCUT2D eigenvalue weighted by Crippen LogP contribution is -2.21. The maximum atomic E-state index is 13.4. The van der Waals surface area contributed by atoms with Crippen LogP contribution in [-0.2, 0) is 4.79 Å². The normalized spacial score (nSPS) is 11.2. The fourth-order valence-corrected chi connectivity index (χ4v) is 2.26. The molecule has 4 nitrogen and oxygen atoms in total. The zero-order valence-electron chi connectivity index (χ0n) is 11.4. The molecule has 2 rings (SSSR count). The summed E-state index contributed by atoms with van der Waals surface area (Å²) in [7, 11) is 0. The highest BCUT2D eigenvalue weighted by Crippen LogP contribution is 2.20. The molecule has 1 N–H and O–H groups in total. The summed E-state index contributed by atoms with van der Waals surface area (Å²) in [4.78, 5) is 16.1. The predicted molar refractivity (Wildman–Crippen MR) is 81.7 cm³/mol. The Morgan fingerprint density at radius 2 is 2.14 bits per heavy atom. The molecule has 2 aromatic rings. The van der Waals surface area contributed by atoms with Crippen molar-refractivity contribution in [1.29, 1.82) is 0 Å². The van der Waals surface area contributed by atoms with Crippen molar-refractivity contribution in [3.05, 3.63) is 60.2 Å². The molecule has 0 saturated carbocycles. The van der Waals surface area contributed by atoms with Crippen LogP contribution >= 0.6 is 11.8 Å². The maximum absolute atomic E-state index is 13.4. The Hall–Kier alpha value is -2.21. The van der Waals surface area contributed by atoms with Crippen LogP contribution in [0, 0.1) is 5.82 Å². The van der Waals surface area contributed by atoms with Gasteiger partial charge >= 0.3 is 0 Å². The van der Waals surface area contributed by atoms with Gasteiger partial charge in [-0.05, 0) is 25.1 Å². The molecule has 1 aromatic heterocycles. The Bertz CT molecular complexity index is 646. The first-order chi connectivity index (χ1) is 10.2. The third-order valence-electron chi connectivity index (χ3n) is 2.62. The van der Waals surface area contributed by atoms with E-state index in [2.05, 4.69) is 15.5 Å². The monoisotopic (exact) mass is 303 g/mol. The molecular formula is C15H14FN3OS. The second kappa shape index (κ2) is 7.54. The zero-order chi connectivity index (χ0) is 15.1. The topological polar surface area (TPSA) is 54.4 Å². The van der Waals surface area contributed by atoms with E-state index in [0.717, 1.165) is 17.3 Å². The van der Waals surface area contributed by atoms with Gasteiger partial charge in [-0.3, -0.25) is 9.78 Å². The van der Waals surface area contributed by atoms with Crippen molar-refractivity contribution < 1.29 is 9.18 Å². The third kappa shape index (κ3) is 4.68. The van der Waals surface area contributed by atoms with Gasteiger partial charge in [0.15, 0.2) is 0 Å². The molecule has 21 heavy (non-hydrogen) atoms. The highest BCUT2D eigenvalue weighted by Gasteiger charge is 2.06. The van der Waals surface area contributed by atoms with Crippen molar-refractivity contribution in [3.63, 3.8) is 0 Å². The minimum atomic E-state index is -0.328. The molecule has 0 bridgehead atoms. The molecular weight excluding hydrogens is 289 g/mol. The number of nitrogens with one attached hydrogen (secondary N) is 1. The van der Waals surface area contributed by atoms with Crippen LogP contribution in [0.15, 0.2) is 58.8 Å². The standard InChI is InChI=1S/C15H14FN3OS/c1-11(12-5-4-8-17-9-12)18-19-15(20)10-21-14-7-3-2-6-13(14)16/h2-9H,10H2,1H3,(H,19,20)/b18-11-. The highest BCUT2D eigenvalue weighted by molar-refractivity contribution is 8.00. The Labute approximate surface area is 126 Å². The van der Waals surface area contributed by atoms with E-state index in [-0.39, 0.29) is 17.5 Å². The molecule has 0 aliphatic heterocycles. The molecule has 0 aliphatic rings. The fourth-order valence-electron chi connectivity index (χ4n) is 1.52. The number of amides is 1. The summed E-state index contributed by atoms with van der Waals surface area (Å²) in [6, 6.07) is 9.99. The van der Waals surface area contributed by atoms with E-state index in [1.165, 1.54) is 6.07 Å². The molecule has 0 atom stereocenters. The van der Waals surface area contributed by atoms with Crippen molar-refractivity contribution in [2.75, 3.05) is 5.75 Å². The number of hydrogen-bond donors (Lipinski definition) is 1. The summed E-state index contributed by atoms with van der Waals surface area (Å²) in [5, 5.41) is 4.00. The van der Waals surface area contributed by atoms with Gasteiger partial charge in [0, 0.05) is 22.9 Å². The minimum absolute atomic E-state index is 0.102. The molecule has 108 valence electrons. The van der Waals surface area contributed by atoms with Crippen LogP contribution in [0.3, 0.4) is 0 Å². The van der Waals surface area contributed by atoms with E-state index in [4.69, 9.17) is 0 Å². The van der Waals surface area contributed by atoms with Crippen molar-refractivity contribution in [3.8, 4) is 0 Å². The summed E-state index contributed by atoms with van der Waals surface area (Å²) in [5.41, 5.74) is 3.94. The van der Waals surface area contributed by atoms with Gasteiger partial charge in [0.2, 0.25) is 5.91 Å². The van der Waals surface area contributed by atoms with Crippen LogP contribution in [0.1, 0.15) is 12.5 Å². The quantitative estimate of drug-likeness (QED) is 0.525. The van der Waals surface area contributed by atoms with Gasteiger partial charge < -0.3 is 0 Å². The molecule has 1 heterocycles. The Kier molecular flexibility index (Phi) is 5.45. The first-order valence-corrected chi connectivity index (χ1v) is 7.26. The summed E-state index contributed by atoms with van der Waals surface area (Å²) >= 11 is 1.13. The van der Waals surface area contributed by atoms with Crippen LogP contribution in [0.4, 0.5) is 4.39 Å². The second-order valence-electron chi connectivity index (χ2n) is 4.19. The Balaban J connectivity index is 1.87. The van der Waals surface area contributed by atoms with E-state index in [1.54, 1.807) is 43.6 Å². The summed E-state index contributed by atoms with van der Waals surface area (Å²) in [5.74, 6) is -0.512. The van der Waals surface area contributed by atoms with Crippen molar-refractivity contribution in [2.24, 2.45) is 5.10 Å². The molecule has 1 amide bonds. The lowest BCUT2D eigenvalue weighted by Gasteiger charge is -2.03. The Morgan fingerprint density at radius 1 is 1.33 bits per heavy atom. The smallest absolute Gasteiger partial charge is 0.250 e. The number of thioether (sulfide) groups is 1. The van der Waals surface area contributed by atoms with Crippen LogP contribution in [0.25, 0.3) is 0 Å². The molecule has 6 heteroatoms. The average molecular weight is 303 g/mol. The van der Waals surface area contributed by atoms with Crippen LogP contribution in [0.2, 0.25) is 0 Å². The van der Waals surface area contributed by atoms with E-state index in [1.807, 2.05) is 6.07 Å². The molecule has 0 spiro atoms. The number of halogens is 1. The SMILES string of the molecule is C/C(=N/NC(=O)CSc1ccccc1F)c1cccnc1. The van der Waals surface area contributed by atoms with Gasteiger partial charge in [-0.1, -0.05) is 18.2 Å². The third-order valence-corrected chi connectivity index (χ3v) is 3.67. The lowest BCUT2D eigenvalue weighted by atomic mass is 10.2. The van der Waals surface area contributed by atoms with Crippen molar-refractivity contribution >= 4 is 23.4 Å². The molecule has 0 unspecified atom stereocenters. The van der Waals surface area contributed by atoms with Gasteiger partial charge in [0.1, 0.15) is 5.82 Å². The second-order valence-corrected chi connectivity index (χ2v) is 5.21. The number of aromatic nitrogens is 1. The summed E-state index contributed by atoms with van der Waals surface area (Å²) in [6.45, 7) is 1.78. The number of nitrogens with zero attached hydrogens (tertiary/aromatic N) is 2.